The summed E-state index contributed by atoms with van der Waals surface area (Å²) < 4.78 is 51.9. The Labute approximate surface area is 159 Å². The molecule has 28 heavy (non-hydrogen) atoms. The van der Waals surface area contributed by atoms with Gasteiger partial charge in [0.15, 0.2) is 11.5 Å². The number of carbonyl (C=O) groups is 1. The number of rotatable bonds is 3. The molecule has 0 radical (unpaired) electrons. The monoisotopic (exact) mass is 393 g/mol. The minimum Gasteiger partial charge on any atom is -0.486 e. The molecule has 0 aliphatic carbocycles. The summed E-state index contributed by atoms with van der Waals surface area (Å²) in [4.78, 5) is 14.7. The maximum atomic E-state index is 12.9. The van der Waals surface area contributed by atoms with E-state index < -0.39 is 6.36 Å². The zero-order valence-electron chi connectivity index (χ0n) is 14.9. The molecule has 0 N–H and O–H groups in total. The van der Waals surface area contributed by atoms with E-state index in [1.54, 1.807) is 4.90 Å². The first-order valence-electron chi connectivity index (χ1n) is 8.97. The van der Waals surface area contributed by atoms with E-state index in [-0.39, 0.29) is 17.7 Å². The molecular formula is C20H18F3NO4. The van der Waals surface area contributed by atoms with Gasteiger partial charge < -0.3 is 19.1 Å². The van der Waals surface area contributed by atoms with Gasteiger partial charge in [-0.25, -0.2) is 0 Å². The molecule has 1 fully saturated rings. The molecule has 2 heterocycles. The van der Waals surface area contributed by atoms with Gasteiger partial charge in [-0.3, -0.25) is 4.79 Å². The second-order valence-corrected chi connectivity index (χ2v) is 6.63. The number of carbonyl (C=O) groups excluding carboxylic acids is 1. The van der Waals surface area contributed by atoms with Crippen LogP contribution in [0.1, 0.15) is 34.8 Å². The van der Waals surface area contributed by atoms with Crippen LogP contribution >= 0.6 is 0 Å². The molecule has 0 bridgehead atoms. The van der Waals surface area contributed by atoms with Gasteiger partial charge in [-0.05, 0) is 54.8 Å². The first kappa shape index (κ1) is 18.5. The lowest BCUT2D eigenvalue weighted by atomic mass is 10.0. The molecule has 0 unspecified atom stereocenters. The topological polar surface area (TPSA) is 48.0 Å². The van der Waals surface area contributed by atoms with Gasteiger partial charge in [-0.1, -0.05) is 6.07 Å². The van der Waals surface area contributed by atoms with Crippen molar-refractivity contribution >= 4 is 5.91 Å². The van der Waals surface area contributed by atoms with Gasteiger partial charge in [-0.15, -0.1) is 13.2 Å². The fraction of sp³-hybridized carbons (Fsp3) is 0.350. The summed E-state index contributed by atoms with van der Waals surface area (Å²) in [6, 6.07) is 10.5. The number of hydrogen-bond donors (Lipinski definition) is 0. The van der Waals surface area contributed by atoms with E-state index in [1.165, 1.54) is 12.1 Å². The van der Waals surface area contributed by atoms with Gasteiger partial charge in [0, 0.05) is 12.1 Å². The number of benzene rings is 2. The van der Waals surface area contributed by atoms with Crippen LogP contribution in [-0.2, 0) is 0 Å². The Hall–Kier alpha value is -2.90. The van der Waals surface area contributed by atoms with Crippen molar-refractivity contribution in [2.24, 2.45) is 0 Å². The summed E-state index contributed by atoms with van der Waals surface area (Å²) in [6.07, 6.45) is -3.11. The Morgan fingerprint density at radius 3 is 2.46 bits per heavy atom. The molecule has 2 aromatic carbocycles. The molecule has 0 spiro atoms. The van der Waals surface area contributed by atoms with Gasteiger partial charge in [0.25, 0.3) is 5.91 Å². The van der Waals surface area contributed by atoms with Crippen LogP contribution in [0.25, 0.3) is 0 Å². The van der Waals surface area contributed by atoms with Crippen molar-refractivity contribution in [2.75, 3.05) is 19.8 Å². The van der Waals surface area contributed by atoms with Crippen LogP contribution < -0.4 is 14.2 Å². The predicted molar refractivity (Wildman–Crippen MR) is 93.6 cm³/mol. The molecule has 0 aromatic heterocycles. The van der Waals surface area contributed by atoms with E-state index >= 15 is 0 Å². The summed E-state index contributed by atoms with van der Waals surface area (Å²) in [5, 5.41) is 0. The number of fused-ring (bicyclic) bond motifs is 1. The smallest absolute Gasteiger partial charge is 0.486 e. The fourth-order valence-electron chi connectivity index (χ4n) is 3.59. The molecule has 0 saturated carbocycles. The van der Waals surface area contributed by atoms with Crippen LogP contribution in [0.4, 0.5) is 13.2 Å². The molecule has 1 atom stereocenters. The van der Waals surface area contributed by atoms with E-state index in [2.05, 4.69) is 4.74 Å². The van der Waals surface area contributed by atoms with Gasteiger partial charge >= 0.3 is 6.36 Å². The van der Waals surface area contributed by atoms with E-state index in [9.17, 15) is 18.0 Å². The number of hydrogen-bond acceptors (Lipinski definition) is 4. The molecule has 2 aliphatic rings. The lowest BCUT2D eigenvalue weighted by Crippen LogP contribution is -2.30. The first-order chi connectivity index (χ1) is 13.4. The summed E-state index contributed by atoms with van der Waals surface area (Å²) in [5.41, 5.74) is 1.27. The number of likely N-dealkylation sites (tertiary alicyclic amines) is 1. The summed E-state index contributed by atoms with van der Waals surface area (Å²) in [6.45, 7) is 1.57. The highest BCUT2D eigenvalue weighted by Crippen LogP contribution is 2.38. The van der Waals surface area contributed by atoms with Gasteiger partial charge in [0.1, 0.15) is 19.0 Å². The Morgan fingerprint density at radius 1 is 1.04 bits per heavy atom. The van der Waals surface area contributed by atoms with Gasteiger partial charge in [0.2, 0.25) is 0 Å². The number of nitrogens with zero attached hydrogens (tertiary/aromatic N) is 1. The molecule has 1 amide bonds. The number of amides is 1. The maximum absolute atomic E-state index is 12.9. The van der Waals surface area contributed by atoms with Gasteiger partial charge in [-0.2, -0.15) is 0 Å². The van der Waals surface area contributed by atoms with Crippen molar-refractivity contribution in [3.63, 3.8) is 0 Å². The molecular weight excluding hydrogens is 375 g/mol. The predicted octanol–water partition coefficient (Wildman–Crippen LogP) is 4.33. The molecule has 1 saturated heterocycles. The van der Waals surface area contributed by atoms with E-state index in [0.29, 0.717) is 36.8 Å². The summed E-state index contributed by atoms with van der Waals surface area (Å²) in [5.74, 6) is 0.771. The van der Waals surface area contributed by atoms with Crippen LogP contribution in [-0.4, -0.2) is 36.9 Å². The zero-order chi connectivity index (χ0) is 19.7. The zero-order valence-corrected chi connectivity index (χ0v) is 14.9. The van der Waals surface area contributed by atoms with E-state index in [4.69, 9.17) is 9.47 Å². The third-order valence-corrected chi connectivity index (χ3v) is 4.80. The van der Waals surface area contributed by atoms with Crippen LogP contribution in [0.5, 0.6) is 17.2 Å². The Kier molecular flexibility index (Phi) is 4.78. The first-order valence-corrected chi connectivity index (χ1v) is 8.97. The van der Waals surface area contributed by atoms with Crippen molar-refractivity contribution in [3.8, 4) is 17.2 Å². The average Bonchev–Trinajstić information content (AvgIpc) is 3.16. The molecule has 4 rings (SSSR count). The molecule has 148 valence electrons. The van der Waals surface area contributed by atoms with Gasteiger partial charge in [0.05, 0.1) is 6.04 Å². The van der Waals surface area contributed by atoms with Crippen LogP contribution in [0.15, 0.2) is 42.5 Å². The average molecular weight is 393 g/mol. The fourth-order valence-corrected chi connectivity index (χ4v) is 3.59. The Balaban J connectivity index is 1.52. The Morgan fingerprint density at radius 2 is 1.75 bits per heavy atom. The molecule has 8 heteroatoms. The highest BCUT2D eigenvalue weighted by atomic mass is 19.4. The van der Waals surface area contributed by atoms with Crippen LogP contribution in [0.2, 0.25) is 0 Å². The number of alkyl halides is 3. The van der Waals surface area contributed by atoms with Crippen molar-refractivity contribution in [3.05, 3.63) is 53.6 Å². The normalized spacial score (nSPS) is 18.8. The number of halogens is 3. The minimum absolute atomic E-state index is 0.116. The third kappa shape index (κ3) is 3.85. The SMILES string of the molecule is O=C(c1ccc(OC(F)(F)F)cc1)N1CCC[C@H]1c1ccc2c(c1)OCCO2. The molecule has 5 nitrogen and oxygen atoms in total. The minimum atomic E-state index is -4.76. The largest absolute Gasteiger partial charge is 0.573 e. The second-order valence-electron chi connectivity index (χ2n) is 6.63. The molecule has 2 aromatic rings. The lowest BCUT2D eigenvalue weighted by molar-refractivity contribution is -0.274. The van der Waals surface area contributed by atoms with E-state index in [0.717, 1.165) is 30.5 Å². The van der Waals surface area contributed by atoms with Crippen LogP contribution in [0.3, 0.4) is 0 Å². The highest BCUT2D eigenvalue weighted by Gasteiger charge is 2.33. The Bertz CT molecular complexity index is 867. The van der Waals surface area contributed by atoms with E-state index in [1.807, 2.05) is 18.2 Å². The number of ether oxygens (including phenoxy) is 3. The van der Waals surface area contributed by atoms with Crippen molar-refractivity contribution in [1.82, 2.24) is 4.90 Å². The third-order valence-electron chi connectivity index (χ3n) is 4.80. The maximum Gasteiger partial charge on any atom is 0.573 e. The standard InChI is InChI=1S/C20H18F3NO4/c21-20(22,23)28-15-6-3-13(4-7-15)19(25)24-9-1-2-16(24)14-5-8-17-18(12-14)27-11-10-26-17/h3-8,12,16H,1-2,9-11H2/t16-/m0/s1. The molecule has 2 aliphatic heterocycles. The summed E-state index contributed by atoms with van der Waals surface area (Å²) >= 11 is 0. The van der Waals surface area contributed by atoms with Crippen LogP contribution in [0, 0.1) is 0 Å². The quantitative estimate of drug-likeness (QED) is 0.779. The summed E-state index contributed by atoms with van der Waals surface area (Å²) in [7, 11) is 0. The highest BCUT2D eigenvalue weighted by molar-refractivity contribution is 5.94. The van der Waals surface area contributed by atoms with Crippen molar-refractivity contribution in [2.45, 2.75) is 25.2 Å². The van der Waals surface area contributed by atoms with Crippen molar-refractivity contribution in [1.29, 1.82) is 0 Å². The van der Waals surface area contributed by atoms with Crippen molar-refractivity contribution < 1.29 is 32.2 Å². The lowest BCUT2D eigenvalue weighted by Gasteiger charge is -2.27. The second kappa shape index (κ2) is 7.26.